The van der Waals surface area contributed by atoms with Crippen LogP contribution in [0.5, 0.6) is 11.5 Å². The van der Waals surface area contributed by atoms with Crippen molar-refractivity contribution in [3.8, 4) is 11.5 Å². The maximum Gasteiger partial charge on any atom is 0.311 e. The van der Waals surface area contributed by atoms with E-state index in [1.807, 2.05) is 31.3 Å². The Morgan fingerprint density at radius 2 is 1.88 bits per heavy atom. The molecule has 0 atom stereocenters. The fourth-order valence-corrected chi connectivity index (χ4v) is 5.30. The second-order valence-corrected chi connectivity index (χ2v) is 10.1. The van der Waals surface area contributed by atoms with Gasteiger partial charge in [-0.25, -0.2) is 9.97 Å². The van der Waals surface area contributed by atoms with Crippen LogP contribution in [-0.4, -0.2) is 41.7 Å². The number of rotatable bonds is 7. The lowest BCUT2D eigenvalue weighted by Gasteiger charge is -2.40. The molecule has 8 nitrogen and oxygen atoms in total. The van der Waals surface area contributed by atoms with Gasteiger partial charge in [0.1, 0.15) is 27.4 Å². The summed E-state index contributed by atoms with van der Waals surface area (Å²) in [5, 5.41) is 3.44. The summed E-state index contributed by atoms with van der Waals surface area (Å²) in [6.45, 7) is 4.75. The van der Waals surface area contributed by atoms with E-state index in [0.29, 0.717) is 6.54 Å². The van der Waals surface area contributed by atoms with Crippen LogP contribution in [0.2, 0.25) is 0 Å². The standard InChI is InChI=1S/C25H31BrN4O4/c1-24(8-10-25(2,11-9-24)23(31)34-5)22-29-20(26)19-21(27-12-13-30(19)22)28-15-16-6-7-17(32-3)14-18(16)33-4/h6-7,12-14H,8-11,15H2,1-5H3,(H,27,28). The number of imidazole rings is 1. The van der Waals surface area contributed by atoms with E-state index in [9.17, 15) is 4.79 Å². The summed E-state index contributed by atoms with van der Waals surface area (Å²) >= 11 is 3.66. The van der Waals surface area contributed by atoms with E-state index in [-0.39, 0.29) is 11.4 Å². The molecule has 1 aliphatic carbocycles. The summed E-state index contributed by atoms with van der Waals surface area (Å²) in [4.78, 5) is 21.8. The summed E-state index contributed by atoms with van der Waals surface area (Å²) in [5.41, 5.74) is 1.27. The minimum absolute atomic E-state index is 0.131. The molecule has 0 bridgehead atoms. The molecule has 0 saturated heterocycles. The van der Waals surface area contributed by atoms with E-state index in [0.717, 1.165) is 64.5 Å². The van der Waals surface area contributed by atoms with Crippen molar-refractivity contribution in [3.05, 3.63) is 46.6 Å². The number of nitrogens with zero attached hydrogens (tertiary/aromatic N) is 3. The van der Waals surface area contributed by atoms with E-state index >= 15 is 0 Å². The number of fused-ring (bicyclic) bond motifs is 1. The van der Waals surface area contributed by atoms with Crippen LogP contribution in [0.15, 0.2) is 35.2 Å². The summed E-state index contributed by atoms with van der Waals surface area (Å²) in [7, 11) is 4.74. The number of hydrogen-bond donors (Lipinski definition) is 1. The molecular weight excluding hydrogens is 500 g/mol. The first kappa shape index (κ1) is 24.3. The van der Waals surface area contributed by atoms with E-state index in [1.165, 1.54) is 7.11 Å². The molecule has 182 valence electrons. The Labute approximate surface area is 208 Å². The highest BCUT2D eigenvalue weighted by molar-refractivity contribution is 9.10. The fourth-order valence-electron chi connectivity index (χ4n) is 4.76. The second-order valence-electron chi connectivity index (χ2n) is 9.36. The molecule has 2 heterocycles. The molecular formula is C25H31BrN4O4. The first-order valence-electron chi connectivity index (χ1n) is 11.3. The number of methoxy groups -OCH3 is 3. The summed E-state index contributed by atoms with van der Waals surface area (Å²) in [5.74, 6) is 3.05. The van der Waals surface area contributed by atoms with Gasteiger partial charge in [-0.15, -0.1) is 0 Å². The Balaban J connectivity index is 1.61. The first-order chi connectivity index (χ1) is 16.2. The number of carbonyl (C=O) groups excluding carboxylic acids is 1. The Kier molecular flexibility index (Phi) is 6.75. The molecule has 0 spiro atoms. The predicted octanol–water partition coefficient (Wildman–Crippen LogP) is 5.13. The van der Waals surface area contributed by atoms with Crippen molar-refractivity contribution in [2.45, 2.75) is 51.5 Å². The maximum atomic E-state index is 12.3. The molecule has 1 saturated carbocycles. The third-order valence-corrected chi connectivity index (χ3v) is 7.68. The van der Waals surface area contributed by atoms with Gasteiger partial charge >= 0.3 is 5.97 Å². The predicted molar refractivity (Wildman–Crippen MR) is 134 cm³/mol. The molecule has 34 heavy (non-hydrogen) atoms. The molecule has 1 aliphatic rings. The highest BCUT2D eigenvalue weighted by Gasteiger charge is 2.45. The van der Waals surface area contributed by atoms with Gasteiger partial charge in [-0.1, -0.05) is 6.92 Å². The van der Waals surface area contributed by atoms with Crippen molar-refractivity contribution >= 4 is 33.2 Å². The number of nitrogens with one attached hydrogen (secondary N) is 1. The fraction of sp³-hybridized carbons (Fsp3) is 0.480. The van der Waals surface area contributed by atoms with Gasteiger partial charge in [0.2, 0.25) is 0 Å². The van der Waals surface area contributed by atoms with Gasteiger partial charge in [0.05, 0.1) is 26.7 Å². The average molecular weight is 531 g/mol. The molecule has 2 aromatic heterocycles. The summed E-state index contributed by atoms with van der Waals surface area (Å²) < 4.78 is 18.7. The van der Waals surface area contributed by atoms with E-state index in [1.54, 1.807) is 20.4 Å². The topological polar surface area (TPSA) is 87.0 Å². The van der Waals surface area contributed by atoms with Crippen LogP contribution in [-0.2, 0) is 21.5 Å². The number of ether oxygens (including phenoxy) is 3. The molecule has 0 aliphatic heterocycles. The number of halogens is 1. The van der Waals surface area contributed by atoms with Crippen molar-refractivity contribution in [1.82, 2.24) is 14.4 Å². The number of aromatic nitrogens is 3. The molecule has 0 amide bonds. The van der Waals surface area contributed by atoms with Crippen molar-refractivity contribution in [2.24, 2.45) is 5.41 Å². The van der Waals surface area contributed by atoms with Gasteiger partial charge in [-0.2, -0.15) is 0 Å². The monoisotopic (exact) mass is 530 g/mol. The Hall–Kier alpha value is -2.81. The van der Waals surface area contributed by atoms with Crippen LogP contribution in [0.25, 0.3) is 5.52 Å². The number of esters is 1. The van der Waals surface area contributed by atoms with Crippen LogP contribution < -0.4 is 14.8 Å². The van der Waals surface area contributed by atoms with Crippen molar-refractivity contribution in [1.29, 1.82) is 0 Å². The maximum absolute atomic E-state index is 12.3. The van der Waals surface area contributed by atoms with Crippen molar-refractivity contribution < 1.29 is 19.0 Å². The minimum atomic E-state index is -0.440. The van der Waals surface area contributed by atoms with Crippen molar-refractivity contribution in [3.63, 3.8) is 0 Å². The zero-order valence-corrected chi connectivity index (χ0v) is 21.9. The van der Waals surface area contributed by atoms with Crippen LogP contribution in [0.3, 0.4) is 0 Å². The van der Waals surface area contributed by atoms with E-state index in [2.05, 4.69) is 37.6 Å². The number of hydrogen-bond acceptors (Lipinski definition) is 7. The van der Waals surface area contributed by atoms with Gasteiger partial charge in [0.25, 0.3) is 0 Å². The molecule has 4 rings (SSSR count). The molecule has 1 N–H and O–H groups in total. The third-order valence-electron chi connectivity index (χ3n) is 7.13. The van der Waals surface area contributed by atoms with Crippen LogP contribution in [0.1, 0.15) is 50.9 Å². The van der Waals surface area contributed by atoms with Gasteiger partial charge < -0.3 is 19.5 Å². The number of carbonyl (C=O) groups is 1. The Morgan fingerprint density at radius 1 is 1.15 bits per heavy atom. The lowest BCUT2D eigenvalue weighted by Crippen LogP contribution is -2.39. The highest BCUT2D eigenvalue weighted by Crippen LogP contribution is 2.47. The molecule has 0 radical (unpaired) electrons. The normalized spacial score (nSPS) is 22.4. The first-order valence-corrected chi connectivity index (χ1v) is 12.1. The minimum Gasteiger partial charge on any atom is -0.497 e. The average Bonchev–Trinajstić information content (AvgIpc) is 3.22. The molecule has 1 aromatic carbocycles. The molecule has 1 fully saturated rings. The van der Waals surface area contributed by atoms with Gasteiger partial charge in [-0.3, -0.25) is 9.20 Å². The largest absolute Gasteiger partial charge is 0.497 e. The van der Waals surface area contributed by atoms with E-state index in [4.69, 9.17) is 19.2 Å². The molecule has 9 heteroatoms. The summed E-state index contributed by atoms with van der Waals surface area (Å²) in [6, 6.07) is 5.75. The van der Waals surface area contributed by atoms with Gasteiger partial charge in [-0.05, 0) is 60.7 Å². The quantitative estimate of drug-likeness (QED) is 0.423. The zero-order chi connectivity index (χ0) is 24.5. The van der Waals surface area contributed by atoms with Gasteiger partial charge in [0.15, 0.2) is 5.82 Å². The lowest BCUT2D eigenvalue weighted by atomic mass is 9.65. The van der Waals surface area contributed by atoms with Crippen LogP contribution in [0, 0.1) is 5.41 Å². The zero-order valence-electron chi connectivity index (χ0n) is 20.3. The SMILES string of the molecule is COC(=O)C1(C)CCC(C)(c2nc(Br)c3c(NCc4ccc(OC)cc4OC)nccn23)CC1. The third kappa shape index (κ3) is 4.33. The smallest absolute Gasteiger partial charge is 0.311 e. The Morgan fingerprint density at radius 3 is 2.53 bits per heavy atom. The summed E-state index contributed by atoms with van der Waals surface area (Å²) in [6.07, 6.45) is 6.94. The number of anilines is 1. The van der Waals surface area contributed by atoms with Crippen molar-refractivity contribution in [2.75, 3.05) is 26.6 Å². The lowest BCUT2D eigenvalue weighted by molar-refractivity contribution is -0.154. The van der Waals surface area contributed by atoms with Crippen LogP contribution in [0.4, 0.5) is 5.82 Å². The van der Waals surface area contributed by atoms with E-state index < -0.39 is 5.41 Å². The molecule has 3 aromatic rings. The van der Waals surface area contributed by atoms with Gasteiger partial charge in [0, 0.05) is 36.0 Å². The highest BCUT2D eigenvalue weighted by atomic mass is 79.9. The number of benzene rings is 1. The van der Waals surface area contributed by atoms with Crippen LogP contribution >= 0.6 is 15.9 Å². The Bertz CT molecular complexity index is 1200. The molecule has 0 unspecified atom stereocenters. The second kappa shape index (κ2) is 9.44.